The Morgan fingerprint density at radius 3 is 2.18 bits per heavy atom. The number of hydrogen-bond acceptors (Lipinski definition) is 2. The molecule has 4 nitrogen and oxygen atoms in total. The molecular formula is C6H10ClNO3. The summed E-state index contributed by atoms with van der Waals surface area (Å²) in [5, 5.41) is 9.87. The smallest absolute Gasteiger partial charge is 0.325 e. The number of rotatable bonds is 3. The molecule has 0 radical (unpaired) electrons. The van der Waals surface area contributed by atoms with E-state index in [4.69, 9.17) is 16.7 Å². The van der Waals surface area contributed by atoms with Crippen LogP contribution in [0.15, 0.2) is 0 Å². The van der Waals surface area contributed by atoms with Crippen molar-refractivity contribution >= 4 is 23.5 Å². The summed E-state index contributed by atoms with van der Waals surface area (Å²) >= 11 is 5.37. The van der Waals surface area contributed by atoms with Gasteiger partial charge in [0.1, 0.15) is 11.4 Å². The molecule has 2 atom stereocenters. The third-order valence-electron chi connectivity index (χ3n) is 1.09. The molecule has 0 heterocycles. The van der Waals surface area contributed by atoms with Crippen molar-refractivity contribution in [1.82, 2.24) is 5.32 Å². The molecule has 0 aromatic carbocycles. The van der Waals surface area contributed by atoms with Crippen molar-refractivity contribution in [3.8, 4) is 0 Å². The van der Waals surface area contributed by atoms with E-state index < -0.39 is 23.3 Å². The van der Waals surface area contributed by atoms with Crippen LogP contribution < -0.4 is 5.32 Å². The highest BCUT2D eigenvalue weighted by Crippen LogP contribution is 1.93. The highest BCUT2D eigenvalue weighted by molar-refractivity contribution is 6.30. The molecule has 0 aliphatic rings. The molecule has 1 amide bonds. The zero-order chi connectivity index (χ0) is 9.02. The molecule has 0 aliphatic heterocycles. The van der Waals surface area contributed by atoms with Crippen LogP contribution in [0.3, 0.4) is 0 Å². The van der Waals surface area contributed by atoms with E-state index >= 15 is 0 Å². The predicted octanol–water partition coefficient (Wildman–Crippen LogP) is 0.203. The van der Waals surface area contributed by atoms with E-state index in [2.05, 4.69) is 5.32 Å². The Kier molecular flexibility index (Phi) is 3.89. The van der Waals surface area contributed by atoms with Crippen LogP contribution in [-0.4, -0.2) is 28.4 Å². The predicted molar refractivity (Wildman–Crippen MR) is 40.6 cm³/mol. The fourth-order valence-electron chi connectivity index (χ4n) is 0.390. The zero-order valence-corrected chi connectivity index (χ0v) is 7.05. The maximum Gasteiger partial charge on any atom is 0.325 e. The summed E-state index contributed by atoms with van der Waals surface area (Å²) in [7, 11) is 0. The Labute approximate surface area is 69.5 Å². The largest absolute Gasteiger partial charge is 0.480 e. The Hall–Kier alpha value is -0.770. The Balaban J connectivity index is 3.85. The quantitative estimate of drug-likeness (QED) is 0.609. The second-order valence-corrected chi connectivity index (χ2v) is 2.84. The van der Waals surface area contributed by atoms with Crippen molar-refractivity contribution in [2.75, 3.05) is 0 Å². The van der Waals surface area contributed by atoms with Crippen LogP contribution in [0.5, 0.6) is 0 Å². The number of hydrogen-bond donors (Lipinski definition) is 2. The van der Waals surface area contributed by atoms with Crippen LogP contribution >= 0.6 is 11.6 Å². The van der Waals surface area contributed by atoms with Gasteiger partial charge in [0.15, 0.2) is 0 Å². The van der Waals surface area contributed by atoms with Crippen molar-refractivity contribution < 1.29 is 14.7 Å². The Morgan fingerprint density at radius 1 is 1.45 bits per heavy atom. The van der Waals surface area contributed by atoms with Gasteiger partial charge in [-0.25, -0.2) is 0 Å². The first-order valence-electron chi connectivity index (χ1n) is 3.12. The number of aliphatic carboxylic acids is 1. The Morgan fingerprint density at radius 2 is 1.91 bits per heavy atom. The van der Waals surface area contributed by atoms with E-state index in [-0.39, 0.29) is 0 Å². The van der Waals surface area contributed by atoms with E-state index in [1.165, 1.54) is 13.8 Å². The van der Waals surface area contributed by atoms with Crippen LogP contribution in [0.2, 0.25) is 0 Å². The number of carbonyl (C=O) groups is 2. The molecular weight excluding hydrogens is 170 g/mol. The first-order chi connectivity index (χ1) is 4.95. The average molecular weight is 180 g/mol. The van der Waals surface area contributed by atoms with Gasteiger partial charge in [-0.15, -0.1) is 11.6 Å². The van der Waals surface area contributed by atoms with Gasteiger partial charge < -0.3 is 10.4 Å². The number of carbonyl (C=O) groups excluding carboxylic acids is 1. The maximum absolute atomic E-state index is 10.8. The van der Waals surface area contributed by atoms with Gasteiger partial charge in [-0.05, 0) is 13.8 Å². The number of amides is 1. The molecule has 0 rings (SSSR count). The minimum absolute atomic E-state index is 0.471. The van der Waals surface area contributed by atoms with Crippen LogP contribution in [0.25, 0.3) is 0 Å². The fourth-order valence-corrected chi connectivity index (χ4v) is 0.453. The van der Waals surface area contributed by atoms with Gasteiger partial charge in [-0.1, -0.05) is 0 Å². The highest BCUT2D eigenvalue weighted by atomic mass is 35.5. The van der Waals surface area contributed by atoms with Gasteiger partial charge in [-0.2, -0.15) is 0 Å². The van der Waals surface area contributed by atoms with E-state index in [0.717, 1.165) is 0 Å². The minimum atomic E-state index is -1.07. The van der Waals surface area contributed by atoms with Gasteiger partial charge in [0, 0.05) is 0 Å². The standard InChI is InChI=1S/C6H10ClNO3/c1-3(7)5(9)8-4(2)6(10)11/h3-4H,1-2H3,(H,8,9)(H,10,11)/t3-,4-/m0/s1. The summed E-state index contributed by atoms with van der Waals surface area (Å²) in [6, 6.07) is -0.885. The summed E-state index contributed by atoms with van der Waals surface area (Å²) in [5.41, 5.74) is 0. The van der Waals surface area contributed by atoms with Crippen LogP contribution in [0, 0.1) is 0 Å². The molecule has 11 heavy (non-hydrogen) atoms. The summed E-state index contributed by atoms with van der Waals surface area (Å²) in [4.78, 5) is 21.0. The first-order valence-corrected chi connectivity index (χ1v) is 3.56. The molecule has 0 aromatic rings. The monoisotopic (exact) mass is 179 g/mol. The number of alkyl halides is 1. The lowest BCUT2D eigenvalue weighted by Crippen LogP contribution is -2.41. The summed E-state index contributed by atoms with van der Waals surface area (Å²) in [5.74, 6) is -1.54. The van der Waals surface area contributed by atoms with Crippen molar-refractivity contribution in [3.05, 3.63) is 0 Å². The second kappa shape index (κ2) is 4.18. The maximum atomic E-state index is 10.8. The third kappa shape index (κ3) is 3.83. The molecule has 0 spiro atoms. The molecule has 5 heteroatoms. The number of carboxylic acid groups (broad SMARTS) is 1. The van der Waals surface area contributed by atoms with Crippen molar-refractivity contribution in [2.24, 2.45) is 0 Å². The normalized spacial score (nSPS) is 15.2. The number of nitrogens with one attached hydrogen (secondary N) is 1. The SMILES string of the molecule is C[C@H](Cl)C(=O)N[C@@H](C)C(=O)O. The van der Waals surface area contributed by atoms with E-state index in [1.54, 1.807) is 0 Å². The van der Waals surface area contributed by atoms with Crippen LogP contribution in [0.4, 0.5) is 0 Å². The third-order valence-corrected chi connectivity index (χ3v) is 1.29. The molecule has 0 aromatic heterocycles. The molecule has 0 aliphatic carbocycles. The molecule has 0 saturated heterocycles. The molecule has 0 unspecified atom stereocenters. The lowest BCUT2D eigenvalue weighted by Gasteiger charge is -2.09. The summed E-state index contributed by atoms with van der Waals surface area (Å²) < 4.78 is 0. The average Bonchev–Trinajstić information content (AvgIpc) is 1.87. The number of halogens is 1. The second-order valence-electron chi connectivity index (χ2n) is 2.18. The molecule has 0 fully saturated rings. The molecule has 64 valence electrons. The van der Waals surface area contributed by atoms with Gasteiger partial charge >= 0.3 is 5.97 Å². The van der Waals surface area contributed by atoms with Gasteiger partial charge in [0.25, 0.3) is 0 Å². The summed E-state index contributed by atoms with van der Waals surface area (Å²) in [6.45, 7) is 2.85. The van der Waals surface area contributed by atoms with Crippen molar-refractivity contribution in [3.63, 3.8) is 0 Å². The van der Waals surface area contributed by atoms with E-state index in [9.17, 15) is 9.59 Å². The Bertz CT molecular complexity index is 169. The topological polar surface area (TPSA) is 66.4 Å². The molecule has 2 N–H and O–H groups in total. The lowest BCUT2D eigenvalue weighted by molar-refractivity contribution is -0.141. The highest BCUT2D eigenvalue weighted by Gasteiger charge is 2.16. The minimum Gasteiger partial charge on any atom is -0.480 e. The van der Waals surface area contributed by atoms with Crippen molar-refractivity contribution in [2.45, 2.75) is 25.3 Å². The van der Waals surface area contributed by atoms with Crippen LogP contribution in [-0.2, 0) is 9.59 Å². The van der Waals surface area contributed by atoms with E-state index in [0.29, 0.717) is 0 Å². The molecule has 0 saturated carbocycles. The van der Waals surface area contributed by atoms with Gasteiger partial charge in [0.05, 0.1) is 0 Å². The van der Waals surface area contributed by atoms with E-state index in [1.807, 2.05) is 0 Å². The van der Waals surface area contributed by atoms with Gasteiger partial charge in [0.2, 0.25) is 5.91 Å². The van der Waals surface area contributed by atoms with Crippen LogP contribution in [0.1, 0.15) is 13.8 Å². The molecule has 0 bridgehead atoms. The fraction of sp³-hybridized carbons (Fsp3) is 0.667. The first kappa shape index (κ1) is 10.2. The van der Waals surface area contributed by atoms with Crippen molar-refractivity contribution in [1.29, 1.82) is 0 Å². The number of carboxylic acids is 1. The lowest BCUT2D eigenvalue weighted by atomic mass is 10.3. The van der Waals surface area contributed by atoms with Gasteiger partial charge in [-0.3, -0.25) is 9.59 Å². The zero-order valence-electron chi connectivity index (χ0n) is 6.30. The summed E-state index contributed by atoms with van der Waals surface area (Å²) in [6.07, 6.45) is 0.